The monoisotopic (exact) mass is 454 g/mol. The lowest BCUT2D eigenvalue weighted by Crippen LogP contribution is -2.40. The Morgan fingerprint density at radius 3 is 2.62 bits per heavy atom. The topological polar surface area (TPSA) is 111 Å². The molecule has 3 aliphatic rings. The number of hydrogen-bond donors (Lipinski definition) is 2. The van der Waals surface area contributed by atoms with Gasteiger partial charge in [-0.2, -0.15) is 5.10 Å². The third-order valence-corrected chi connectivity index (χ3v) is 8.07. The van der Waals surface area contributed by atoms with Gasteiger partial charge in [0.2, 0.25) is 0 Å². The SMILES string of the molecule is CC1(O)CC(c2nc(-c3ccc4ccn(C5C[C@H]6C=C[C@H]6C5)c(=O)c4c3)c3c(N)ncnn23)C1. The normalized spacial score (nSPS) is 29.8. The summed E-state index contributed by atoms with van der Waals surface area (Å²) < 4.78 is 3.66. The predicted octanol–water partition coefficient (Wildman–Crippen LogP) is 3.45. The highest BCUT2D eigenvalue weighted by Gasteiger charge is 2.42. The van der Waals surface area contributed by atoms with E-state index >= 15 is 0 Å². The highest BCUT2D eigenvalue weighted by Crippen LogP contribution is 2.46. The second kappa shape index (κ2) is 6.76. The fraction of sp³-hybridized carbons (Fsp3) is 0.385. The molecule has 8 heteroatoms. The van der Waals surface area contributed by atoms with Gasteiger partial charge in [-0.1, -0.05) is 24.3 Å². The second-order valence-corrected chi connectivity index (χ2v) is 10.5. The Kier molecular flexibility index (Phi) is 3.96. The van der Waals surface area contributed by atoms with E-state index in [2.05, 4.69) is 22.2 Å². The van der Waals surface area contributed by atoms with Gasteiger partial charge >= 0.3 is 0 Å². The summed E-state index contributed by atoms with van der Waals surface area (Å²) in [7, 11) is 0. The van der Waals surface area contributed by atoms with Crippen molar-refractivity contribution < 1.29 is 5.11 Å². The van der Waals surface area contributed by atoms with Crippen molar-refractivity contribution in [3.63, 3.8) is 0 Å². The molecule has 0 amide bonds. The minimum absolute atomic E-state index is 0.0358. The highest BCUT2D eigenvalue weighted by molar-refractivity contribution is 5.91. The van der Waals surface area contributed by atoms with Gasteiger partial charge < -0.3 is 15.4 Å². The number of imidazole rings is 1. The number of nitrogen functional groups attached to an aromatic ring is 1. The third-order valence-electron chi connectivity index (χ3n) is 8.07. The minimum Gasteiger partial charge on any atom is -0.390 e. The summed E-state index contributed by atoms with van der Waals surface area (Å²) >= 11 is 0. The molecule has 7 rings (SSSR count). The summed E-state index contributed by atoms with van der Waals surface area (Å²) in [5.74, 6) is 2.43. The fourth-order valence-electron chi connectivity index (χ4n) is 6.20. The summed E-state index contributed by atoms with van der Waals surface area (Å²) in [6.45, 7) is 1.84. The molecule has 3 aromatic heterocycles. The molecule has 8 nitrogen and oxygen atoms in total. The number of nitrogens with two attached hydrogens (primary N) is 1. The van der Waals surface area contributed by atoms with E-state index in [-0.39, 0.29) is 17.5 Å². The van der Waals surface area contributed by atoms with Crippen LogP contribution >= 0.6 is 0 Å². The molecule has 1 unspecified atom stereocenters. The fourth-order valence-corrected chi connectivity index (χ4v) is 6.20. The lowest BCUT2D eigenvalue weighted by atomic mass is 9.72. The number of pyridine rings is 1. The Labute approximate surface area is 195 Å². The van der Waals surface area contributed by atoms with Crippen LogP contribution in [0.25, 0.3) is 27.5 Å². The Balaban J connectivity index is 1.35. The average molecular weight is 455 g/mol. The molecular formula is C26H26N6O2. The van der Waals surface area contributed by atoms with Crippen molar-refractivity contribution in [3.05, 3.63) is 65.1 Å². The van der Waals surface area contributed by atoms with Gasteiger partial charge in [-0.15, -0.1) is 0 Å². The van der Waals surface area contributed by atoms with Crippen molar-refractivity contribution in [2.45, 2.75) is 50.2 Å². The molecule has 4 aromatic rings. The molecule has 0 radical (unpaired) electrons. The highest BCUT2D eigenvalue weighted by atomic mass is 16.3. The molecule has 1 aromatic carbocycles. The molecule has 3 heterocycles. The van der Waals surface area contributed by atoms with Gasteiger partial charge in [0, 0.05) is 29.1 Å². The van der Waals surface area contributed by atoms with Crippen LogP contribution in [-0.4, -0.2) is 34.9 Å². The zero-order valence-corrected chi connectivity index (χ0v) is 18.9. The smallest absolute Gasteiger partial charge is 0.258 e. The number of aliphatic hydroxyl groups is 1. The molecule has 0 aliphatic heterocycles. The van der Waals surface area contributed by atoms with Crippen LogP contribution in [-0.2, 0) is 0 Å². The Hall–Kier alpha value is -3.52. The molecule has 3 N–H and O–H groups in total. The van der Waals surface area contributed by atoms with E-state index in [9.17, 15) is 9.90 Å². The van der Waals surface area contributed by atoms with Crippen LogP contribution in [0.1, 0.15) is 50.4 Å². The van der Waals surface area contributed by atoms with Crippen molar-refractivity contribution in [1.82, 2.24) is 24.1 Å². The van der Waals surface area contributed by atoms with Gasteiger partial charge in [0.05, 0.1) is 5.60 Å². The first kappa shape index (κ1) is 19.9. The lowest BCUT2D eigenvalue weighted by molar-refractivity contribution is -0.0337. The number of nitrogens with zero attached hydrogens (tertiary/aromatic N) is 5. The van der Waals surface area contributed by atoms with Gasteiger partial charge in [-0.3, -0.25) is 4.79 Å². The quantitative estimate of drug-likeness (QED) is 0.459. The number of hydrogen-bond acceptors (Lipinski definition) is 6. The third kappa shape index (κ3) is 2.81. The van der Waals surface area contributed by atoms with Crippen LogP contribution in [0.3, 0.4) is 0 Å². The number of fused-ring (bicyclic) bond motifs is 3. The summed E-state index contributed by atoms with van der Waals surface area (Å²) in [6.07, 6.45) is 11.2. The van der Waals surface area contributed by atoms with Crippen LogP contribution in [0, 0.1) is 11.8 Å². The second-order valence-electron chi connectivity index (χ2n) is 10.5. The zero-order chi connectivity index (χ0) is 23.2. The summed E-state index contributed by atoms with van der Waals surface area (Å²) in [6, 6.07) is 8.13. The maximum Gasteiger partial charge on any atom is 0.258 e. The van der Waals surface area contributed by atoms with Gasteiger partial charge in [0.25, 0.3) is 5.56 Å². The molecule has 172 valence electrons. The maximum absolute atomic E-state index is 13.5. The molecule has 0 bridgehead atoms. The van der Waals surface area contributed by atoms with Gasteiger partial charge in [0.1, 0.15) is 23.4 Å². The maximum atomic E-state index is 13.5. The van der Waals surface area contributed by atoms with Crippen LogP contribution in [0.5, 0.6) is 0 Å². The predicted molar refractivity (Wildman–Crippen MR) is 129 cm³/mol. The molecular weight excluding hydrogens is 428 g/mol. The number of anilines is 1. The summed E-state index contributed by atoms with van der Waals surface area (Å²) in [4.78, 5) is 22.7. The van der Waals surface area contributed by atoms with E-state index in [1.165, 1.54) is 6.33 Å². The van der Waals surface area contributed by atoms with E-state index in [0.29, 0.717) is 47.1 Å². The molecule has 3 atom stereocenters. The Bertz CT molecular complexity index is 1540. The van der Waals surface area contributed by atoms with Crippen molar-refractivity contribution in [2.24, 2.45) is 11.8 Å². The minimum atomic E-state index is -0.682. The van der Waals surface area contributed by atoms with Crippen molar-refractivity contribution >= 4 is 22.1 Å². The number of allylic oxidation sites excluding steroid dienone is 2. The molecule has 2 fully saturated rings. The first-order valence-corrected chi connectivity index (χ1v) is 11.9. The van der Waals surface area contributed by atoms with Crippen molar-refractivity contribution in [3.8, 4) is 11.3 Å². The zero-order valence-electron chi connectivity index (χ0n) is 18.9. The molecule has 3 aliphatic carbocycles. The number of aromatic nitrogens is 5. The van der Waals surface area contributed by atoms with Crippen LogP contribution < -0.4 is 11.3 Å². The first-order chi connectivity index (χ1) is 16.4. The Morgan fingerprint density at radius 2 is 1.91 bits per heavy atom. The van der Waals surface area contributed by atoms with E-state index in [0.717, 1.165) is 29.6 Å². The first-order valence-electron chi connectivity index (χ1n) is 11.9. The lowest BCUT2D eigenvalue weighted by Gasteiger charge is -2.39. The molecule has 2 saturated carbocycles. The van der Waals surface area contributed by atoms with Gasteiger partial charge in [-0.25, -0.2) is 14.5 Å². The van der Waals surface area contributed by atoms with Crippen LogP contribution in [0.2, 0.25) is 0 Å². The molecule has 0 saturated heterocycles. The average Bonchev–Trinajstić information content (AvgIpc) is 3.31. The van der Waals surface area contributed by atoms with E-state index < -0.39 is 5.60 Å². The van der Waals surface area contributed by atoms with E-state index in [4.69, 9.17) is 10.7 Å². The Morgan fingerprint density at radius 1 is 1.15 bits per heavy atom. The van der Waals surface area contributed by atoms with Crippen LogP contribution in [0.4, 0.5) is 5.82 Å². The van der Waals surface area contributed by atoms with Crippen LogP contribution in [0.15, 0.2) is 53.7 Å². The molecule has 0 spiro atoms. The van der Waals surface area contributed by atoms with Gasteiger partial charge in [0.15, 0.2) is 5.82 Å². The van der Waals surface area contributed by atoms with E-state index in [1.807, 2.05) is 42.0 Å². The van der Waals surface area contributed by atoms with Gasteiger partial charge in [-0.05, 0) is 62.0 Å². The summed E-state index contributed by atoms with van der Waals surface area (Å²) in [5.41, 5.74) is 7.74. The standard InChI is InChI=1S/C26H26N6O2/c1-26(34)11-18(12-26)24-30-21(22-23(27)28-13-29-32(22)24)17-5-2-14-6-7-31(25(33)20(14)10-17)19-8-15-3-4-16(15)9-19/h2-7,10,13,15-16,18-19,34H,8-9,11-12H2,1H3,(H2,27,28,29)/t15-,16+,18?,19?,26?. The number of benzene rings is 1. The molecule has 34 heavy (non-hydrogen) atoms. The van der Waals surface area contributed by atoms with Crippen molar-refractivity contribution in [1.29, 1.82) is 0 Å². The summed E-state index contributed by atoms with van der Waals surface area (Å²) in [5, 5.41) is 16.3. The van der Waals surface area contributed by atoms with E-state index in [1.54, 1.807) is 4.52 Å². The van der Waals surface area contributed by atoms with Crippen molar-refractivity contribution in [2.75, 3.05) is 5.73 Å². The number of rotatable bonds is 3. The largest absolute Gasteiger partial charge is 0.390 e.